The van der Waals surface area contributed by atoms with E-state index in [1.165, 1.54) is 27.7 Å². The van der Waals surface area contributed by atoms with Crippen molar-refractivity contribution in [2.45, 2.75) is 51.8 Å². The van der Waals surface area contributed by atoms with Gasteiger partial charge in [-0.3, -0.25) is 19.2 Å². The van der Waals surface area contributed by atoms with Crippen LogP contribution in [0.5, 0.6) is 5.75 Å². The summed E-state index contributed by atoms with van der Waals surface area (Å²) in [5.41, 5.74) is 1.52. The SMILES string of the molecule is CCC(=O)N[C@@H](CC/C=C/C(=O)N(C)C)C(=O)Cc1cccn(Cc2cc3cccc(OCc4ccc(F)cc4F)c3[nH]2)c1=O. The summed E-state index contributed by atoms with van der Waals surface area (Å²) in [6.45, 7) is 1.77. The number of nitrogens with one attached hydrogen (secondary N) is 2. The van der Waals surface area contributed by atoms with Crippen molar-refractivity contribution in [1.29, 1.82) is 0 Å². The number of hydrogen-bond donors (Lipinski definition) is 2. The fourth-order valence-corrected chi connectivity index (χ4v) is 4.73. The molecule has 0 saturated heterocycles. The third-order valence-corrected chi connectivity index (χ3v) is 7.24. The lowest BCUT2D eigenvalue weighted by molar-refractivity contribution is -0.127. The Hall–Kier alpha value is -5.06. The van der Waals surface area contributed by atoms with Crippen molar-refractivity contribution in [2.75, 3.05) is 14.1 Å². The number of benzene rings is 2. The molecule has 0 radical (unpaired) electrons. The highest BCUT2D eigenvalue weighted by Gasteiger charge is 2.21. The van der Waals surface area contributed by atoms with E-state index in [2.05, 4.69) is 10.3 Å². The number of allylic oxidation sites excluding steroid dienone is 1. The smallest absolute Gasteiger partial charge is 0.254 e. The number of amides is 2. The molecule has 11 heteroatoms. The molecule has 236 valence electrons. The van der Waals surface area contributed by atoms with Gasteiger partial charge in [-0.05, 0) is 49.2 Å². The number of H-pyrrole nitrogens is 1. The van der Waals surface area contributed by atoms with Crippen molar-refractivity contribution in [3.05, 3.63) is 112 Å². The summed E-state index contributed by atoms with van der Waals surface area (Å²) in [4.78, 5) is 55.2. The number of aromatic amines is 1. The van der Waals surface area contributed by atoms with Gasteiger partial charge >= 0.3 is 0 Å². The standard InChI is InChI=1S/C34H36F2N4O5/c1-4-31(42)38-28(11-5-6-13-32(43)39(2)3)29(41)18-23-10-8-16-40(34(23)44)20-26-17-22-9-7-12-30(33(22)37-26)45-21-24-14-15-25(35)19-27(24)36/h6-10,12-17,19,28,37H,4-5,11,18,20-21H2,1-3H3,(H,38,42)/b13-6+/t28-/m0/s1. The van der Waals surface area contributed by atoms with E-state index < -0.39 is 17.7 Å². The first-order chi connectivity index (χ1) is 21.5. The van der Waals surface area contributed by atoms with Crippen molar-refractivity contribution in [3.63, 3.8) is 0 Å². The van der Waals surface area contributed by atoms with Gasteiger partial charge in [0, 0.05) is 61.4 Å². The predicted octanol–water partition coefficient (Wildman–Crippen LogP) is 4.67. The van der Waals surface area contributed by atoms with E-state index in [4.69, 9.17) is 4.74 Å². The van der Waals surface area contributed by atoms with Crippen LogP contribution in [0.1, 0.15) is 43.0 Å². The number of aromatic nitrogens is 2. The van der Waals surface area contributed by atoms with Crippen LogP contribution in [0.4, 0.5) is 8.78 Å². The first-order valence-electron chi connectivity index (χ1n) is 14.6. The minimum Gasteiger partial charge on any atom is -0.487 e. The molecular formula is C34H36F2N4O5. The number of carbonyl (C=O) groups is 3. The highest BCUT2D eigenvalue weighted by atomic mass is 19.1. The minimum atomic E-state index is -0.805. The maximum Gasteiger partial charge on any atom is 0.254 e. The quantitative estimate of drug-likeness (QED) is 0.200. The number of hydrogen-bond acceptors (Lipinski definition) is 5. The molecule has 0 aliphatic rings. The molecule has 2 aromatic heterocycles. The molecule has 0 unspecified atom stereocenters. The van der Waals surface area contributed by atoms with E-state index in [1.54, 1.807) is 57.6 Å². The summed E-state index contributed by atoms with van der Waals surface area (Å²) in [6.07, 6.45) is 5.42. The van der Waals surface area contributed by atoms with Crippen molar-refractivity contribution >= 4 is 28.5 Å². The average molecular weight is 619 g/mol. The van der Waals surface area contributed by atoms with E-state index in [-0.39, 0.29) is 66.7 Å². The van der Waals surface area contributed by atoms with Gasteiger partial charge in [-0.15, -0.1) is 0 Å². The topological polar surface area (TPSA) is 114 Å². The molecule has 0 saturated carbocycles. The number of fused-ring (bicyclic) bond motifs is 1. The van der Waals surface area contributed by atoms with Gasteiger partial charge in [0.15, 0.2) is 5.78 Å². The molecule has 0 bridgehead atoms. The van der Waals surface area contributed by atoms with Gasteiger partial charge in [-0.2, -0.15) is 0 Å². The largest absolute Gasteiger partial charge is 0.487 e. The summed E-state index contributed by atoms with van der Waals surface area (Å²) in [5.74, 6) is -1.66. The van der Waals surface area contributed by atoms with Crippen LogP contribution < -0.4 is 15.6 Å². The number of ketones is 1. The van der Waals surface area contributed by atoms with Crippen LogP contribution in [-0.4, -0.2) is 52.2 Å². The summed E-state index contributed by atoms with van der Waals surface area (Å²) in [7, 11) is 3.27. The molecular weight excluding hydrogens is 582 g/mol. The normalized spacial score (nSPS) is 11.9. The molecule has 2 amide bonds. The lowest BCUT2D eigenvalue weighted by Gasteiger charge is -2.17. The third-order valence-electron chi connectivity index (χ3n) is 7.24. The number of halogens is 2. The van der Waals surface area contributed by atoms with Crippen molar-refractivity contribution in [2.24, 2.45) is 0 Å². The number of carbonyl (C=O) groups excluding carboxylic acids is 3. The maximum absolute atomic E-state index is 14.1. The summed E-state index contributed by atoms with van der Waals surface area (Å²) in [6, 6.07) is 13.0. The van der Waals surface area contributed by atoms with Crippen LogP contribution in [0.25, 0.3) is 10.9 Å². The fraction of sp³-hybridized carbons (Fsp3) is 0.294. The zero-order valence-corrected chi connectivity index (χ0v) is 25.4. The highest BCUT2D eigenvalue weighted by Crippen LogP contribution is 2.27. The molecule has 0 aliphatic heterocycles. The molecule has 1 atom stereocenters. The van der Waals surface area contributed by atoms with E-state index in [1.807, 2.05) is 12.1 Å². The number of rotatable bonds is 14. The van der Waals surface area contributed by atoms with Crippen molar-refractivity contribution in [1.82, 2.24) is 19.8 Å². The second-order valence-electron chi connectivity index (χ2n) is 10.8. The lowest BCUT2D eigenvalue weighted by atomic mass is 10.00. The van der Waals surface area contributed by atoms with Gasteiger partial charge in [-0.1, -0.05) is 31.2 Å². The lowest BCUT2D eigenvalue weighted by Crippen LogP contribution is -2.42. The second-order valence-corrected chi connectivity index (χ2v) is 10.8. The zero-order chi connectivity index (χ0) is 32.5. The monoisotopic (exact) mass is 618 g/mol. The van der Waals surface area contributed by atoms with Gasteiger partial charge in [0.25, 0.3) is 5.56 Å². The zero-order valence-electron chi connectivity index (χ0n) is 25.4. The molecule has 0 aliphatic carbocycles. The van der Waals surface area contributed by atoms with Crippen LogP contribution >= 0.6 is 0 Å². The third kappa shape index (κ3) is 8.75. The van der Waals surface area contributed by atoms with Crippen LogP contribution in [-0.2, 0) is 34.0 Å². The highest BCUT2D eigenvalue weighted by molar-refractivity contribution is 5.90. The average Bonchev–Trinajstić information content (AvgIpc) is 3.43. The Balaban J connectivity index is 1.47. The Bertz CT molecular complexity index is 1780. The van der Waals surface area contributed by atoms with E-state index >= 15 is 0 Å². The van der Waals surface area contributed by atoms with Gasteiger partial charge in [0.2, 0.25) is 11.8 Å². The molecule has 9 nitrogen and oxygen atoms in total. The Morgan fingerprint density at radius 1 is 1.07 bits per heavy atom. The second kappa shape index (κ2) is 15.1. The molecule has 4 rings (SSSR count). The Morgan fingerprint density at radius 3 is 2.60 bits per heavy atom. The van der Waals surface area contributed by atoms with Gasteiger partial charge in [0.1, 0.15) is 24.0 Å². The molecule has 2 aromatic carbocycles. The van der Waals surface area contributed by atoms with Gasteiger partial charge < -0.3 is 24.5 Å². The van der Waals surface area contributed by atoms with Crippen LogP contribution in [0.3, 0.4) is 0 Å². The number of ether oxygens (including phenoxy) is 1. The van der Waals surface area contributed by atoms with E-state index in [0.717, 1.165) is 11.5 Å². The van der Waals surface area contributed by atoms with Gasteiger partial charge in [0.05, 0.1) is 18.1 Å². The number of para-hydroxylation sites is 1. The Labute approximate surface area is 259 Å². The summed E-state index contributed by atoms with van der Waals surface area (Å²) in [5, 5.41) is 3.55. The van der Waals surface area contributed by atoms with Crippen LogP contribution in [0.15, 0.2) is 77.7 Å². The first-order valence-corrected chi connectivity index (χ1v) is 14.6. The minimum absolute atomic E-state index is 0.0979. The molecule has 2 N–H and O–H groups in total. The fourth-order valence-electron chi connectivity index (χ4n) is 4.73. The van der Waals surface area contributed by atoms with Gasteiger partial charge in [-0.25, -0.2) is 8.78 Å². The number of likely N-dealkylation sites (N-methyl/N-ethyl adjacent to an activating group) is 1. The predicted molar refractivity (Wildman–Crippen MR) is 167 cm³/mol. The number of Topliss-reactive ketones (excluding diaryl/α,β-unsaturated/α-hetero) is 1. The molecule has 0 fully saturated rings. The number of pyridine rings is 1. The van der Waals surface area contributed by atoms with Crippen molar-refractivity contribution < 1.29 is 27.9 Å². The molecule has 2 heterocycles. The van der Waals surface area contributed by atoms with E-state index in [9.17, 15) is 28.0 Å². The van der Waals surface area contributed by atoms with Crippen LogP contribution in [0.2, 0.25) is 0 Å². The Morgan fingerprint density at radius 2 is 1.87 bits per heavy atom. The van der Waals surface area contributed by atoms with Crippen molar-refractivity contribution in [3.8, 4) is 5.75 Å². The molecule has 0 spiro atoms. The molecule has 4 aromatic rings. The number of nitrogens with zero attached hydrogens (tertiary/aromatic N) is 2. The molecule has 45 heavy (non-hydrogen) atoms. The van der Waals surface area contributed by atoms with E-state index in [0.29, 0.717) is 23.4 Å². The summed E-state index contributed by atoms with van der Waals surface area (Å²) >= 11 is 0. The summed E-state index contributed by atoms with van der Waals surface area (Å²) < 4.78 is 34.7. The van der Waals surface area contributed by atoms with Crippen LogP contribution in [0, 0.1) is 11.6 Å². The Kier molecular flexibility index (Phi) is 11.0. The first kappa shape index (κ1) is 32.8. The maximum atomic E-state index is 14.1.